The molecule has 28 heavy (non-hydrogen) atoms. The second-order valence-electron chi connectivity index (χ2n) is 6.49. The van der Waals surface area contributed by atoms with Crippen molar-refractivity contribution in [1.29, 1.82) is 0 Å². The Morgan fingerprint density at radius 1 is 1.18 bits per heavy atom. The Bertz CT molecular complexity index is 937. The van der Waals surface area contributed by atoms with Gasteiger partial charge < -0.3 is 19.5 Å². The highest BCUT2D eigenvalue weighted by molar-refractivity contribution is 5.91. The molecule has 3 rings (SSSR count). The van der Waals surface area contributed by atoms with Crippen LogP contribution in [0, 0.1) is 0 Å². The van der Waals surface area contributed by atoms with Gasteiger partial charge in [-0.3, -0.25) is 19.4 Å². The number of anilines is 1. The van der Waals surface area contributed by atoms with Crippen LogP contribution in [-0.4, -0.2) is 52.1 Å². The number of amides is 2. The third-order valence-corrected chi connectivity index (χ3v) is 4.49. The minimum atomic E-state index is -0.555. The van der Waals surface area contributed by atoms with Crippen LogP contribution in [-0.2, 0) is 20.9 Å². The largest absolute Gasteiger partial charge is 0.377 e. The third-order valence-electron chi connectivity index (χ3n) is 4.49. The molecule has 2 heterocycles. The van der Waals surface area contributed by atoms with E-state index in [4.69, 9.17) is 4.74 Å². The number of aromatic nitrogens is 2. The zero-order valence-corrected chi connectivity index (χ0v) is 15.3. The summed E-state index contributed by atoms with van der Waals surface area (Å²) in [4.78, 5) is 51.6. The Morgan fingerprint density at radius 3 is 2.71 bits per heavy atom. The van der Waals surface area contributed by atoms with Gasteiger partial charge in [0.15, 0.2) is 0 Å². The molecule has 1 unspecified atom stereocenters. The Balaban J connectivity index is 1.58. The first-order valence-corrected chi connectivity index (χ1v) is 9.05. The van der Waals surface area contributed by atoms with Gasteiger partial charge in [0.2, 0.25) is 11.8 Å². The van der Waals surface area contributed by atoms with Crippen LogP contribution < -0.4 is 16.6 Å². The molecule has 1 saturated heterocycles. The lowest BCUT2D eigenvalue weighted by atomic mass is 10.1. The quantitative estimate of drug-likeness (QED) is 0.735. The Morgan fingerprint density at radius 2 is 1.96 bits per heavy atom. The minimum absolute atomic E-state index is 0.0861. The van der Waals surface area contributed by atoms with Crippen molar-refractivity contribution in [1.82, 2.24) is 14.5 Å². The molecule has 148 valence electrons. The number of rotatable bonds is 6. The van der Waals surface area contributed by atoms with Crippen LogP contribution in [0.3, 0.4) is 0 Å². The zero-order valence-electron chi connectivity index (χ0n) is 15.3. The summed E-state index contributed by atoms with van der Waals surface area (Å²) in [6, 6.07) is 9.97. The highest BCUT2D eigenvalue weighted by Gasteiger charge is 2.29. The monoisotopic (exact) mass is 386 g/mol. The molecule has 1 fully saturated rings. The molecule has 2 amide bonds. The molecule has 1 aliphatic heterocycles. The summed E-state index contributed by atoms with van der Waals surface area (Å²) in [5.41, 5.74) is -0.342. The maximum atomic E-state index is 12.7. The maximum absolute atomic E-state index is 12.7. The van der Waals surface area contributed by atoms with Crippen LogP contribution in [0.5, 0.6) is 0 Å². The molecule has 1 aromatic heterocycles. The summed E-state index contributed by atoms with van der Waals surface area (Å²) < 4.78 is 6.71. The van der Waals surface area contributed by atoms with Crippen LogP contribution in [0.1, 0.15) is 12.8 Å². The van der Waals surface area contributed by atoms with Crippen LogP contribution in [0.2, 0.25) is 0 Å². The first-order chi connectivity index (χ1) is 13.5. The number of morpholine rings is 1. The number of carbonyl (C=O) groups excluding carboxylic acids is 2. The second kappa shape index (κ2) is 9.14. The number of carbonyl (C=O) groups is 2. The van der Waals surface area contributed by atoms with Gasteiger partial charge in [-0.1, -0.05) is 18.2 Å². The molecule has 0 bridgehead atoms. The summed E-state index contributed by atoms with van der Waals surface area (Å²) in [7, 11) is 0. The van der Waals surface area contributed by atoms with E-state index < -0.39 is 11.2 Å². The number of para-hydroxylation sites is 1. The maximum Gasteiger partial charge on any atom is 0.328 e. The van der Waals surface area contributed by atoms with E-state index in [9.17, 15) is 19.2 Å². The number of ether oxygens (including phenoxy) is 1. The number of H-pyrrole nitrogens is 1. The molecule has 0 aliphatic carbocycles. The van der Waals surface area contributed by atoms with Gasteiger partial charge in [0.25, 0.3) is 5.56 Å². The Hall–Kier alpha value is -3.20. The number of aryl methyl sites for hydroxylation is 1. The fraction of sp³-hybridized carbons (Fsp3) is 0.368. The average Bonchev–Trinajstić information content (AvgIpc) is 2.68. The van der Waals surface area contributed by atoms with Crippen LogP contribution in [0.25, 0.3) is 0 Å². The lowest BCUT2D eigenvalue weighted by Gasteiger charge is -2.35. The normalized spacial score (nSPS) is 16.6. The topological polar surface area (TPSA) is 114 Å². The molecule has 1 aromatic carbocycles. The Labute approximate surface area is 160 Å². The lowest BCUT2D eigenvalue weighted by Crippen LogP contribution is -2.50. The molecule has 2 N–H and O–H groups in total. The highest BCUT2D eigenvalue weighted by atomic mass is 16.5. The summed E-state index contributed by atoms with van der Waals surface area (Å²) in [6.07, 6.45) is 1.57. The summed E-state index contributed by atoms with van der Waals surface area (Å²) in [6.45, 7) is 1.23. The lowest BCUT2D eigenvalue weighted by molar-refractivity contribution is -0.141. The van der Waals surface area contributed by atoms with E-state index in [0.717, 1.165) is 0 Å². The smallest absolute Gasteiger partial charge is 0.328 e. The summed E-state index contributed by atoms with van der Waals surface area (Å²) in [5.74, 6) is -0.365. The third kappa shape index (κ3) is 5.17. The molecule has 9 nitrogen and oxygen atoms in total. The predicted molar refractivity (Wildman–Crippen MR) is 102 cm³/mol. The fourth-order valence-electron chi connectivity index (χ4n) is 3.08. The van der Waals surface area contributed by atoms with E-state index >= 15 is 0 Å². The summed E-state index contributed by atoms with van der Waals surface area (Å²) >= 11 is 0. The van der Waals surface area contributed by atoms with Gasteiger partial charge in [-0.2, -0.15) is 0 Å². The highest BCUT2D eigenvalue weighted by Crippen LogP contribution is 2.14. The number of benzene rings is 1. The summed E-state index contributed by atoms with van der Waals surface area (Å²) in [5, 5.41) is 2.81. The fourth-order valence-corrected chi connectivity index (χ4v) is 3.08. The number of hydrogen-bond acceptors (Lipinski definition) is 5. The Kier molecular flexibility index (Phi) is 6.38. The standard InChI is InChI=1S/C19H22N4O5/c24-16-6-8-22(19(27)21-16)9-7-18(26)23-10-11-28-13-15(23)12-17(25)20-14-4-2-1-3-5-14/h1-6,8,15H,7,9-13H2,(H,20,25)(H,21,24,27). The van der Waals surface area contributed by atoms with Crippen molar-refractivity contribution in [3.05, 3.63) is 63.4 Å². The van der Waals surface area contributed by atoms with Crippen LogP contribution in [0.15, 0.2) is 52.2 Å². The molecule has 0 spiro atoms. The van der Waals surface area contributed by atoms with Crippen molar-refractivity contribution >= 4 is 17.5 Å². The predicted octanol–water partition coefficient (Wildman–Crippen LogP) is 0.183. The van der Waals surface area contributed by atoms with E-state index in [1.165, 1.54) is 16.8 Å². The number of nitrogens with zero attached hydrogens (tertiary/aromatic N) is 2. The van der Waals surface area contributed by atoms with E-state index in [0.29, 0.717) is 18.8 Å². The molecular weight excluding hydrogens is 364 g/mol. The van der Waals surface area contributed by atoms with Crippen molar-refractivity contribution in [3.8, 4) is 0 Å². The van der Waals surface area contributed by atoms with Crippen molar-refractivity contribution < 1.29 is 14.3 Å². The van der Waals surface area contributed by atoms with Crippen molar-refractivity contribution in [2.75, 3.05) is 25.1 Å². The van der Waals surface area contributed by atoms with Crippen molar-refractivity contribution in [2.24, 2.45) is 0 Å². The number of hydrogen-bond donors (Lipinski definition) is 2. The van der Waals surface area contributed by atoms with Gasteiger partial charge >= 0.3 is 5.69 Å². The van der Waals surface area contributed by atoms with Crippen molar-refractivity contribution in [3.63, 3.8) is 0 Å². The molecule has 1 atom stereocenters. The van der Waals surface area contributed by atoms with E-state index in [2.05, 4.69) is 10.3 Å². The average molecular weight is 386 g/mol. The molecular formula is C19H22N4O5. The second-order valence-corrected chi connectivity index (χ2v) is 6.49. The molecule has 2 aromatic rings. The molecule has 1 aliphatic rings. The van der Waals surface area contributed by atoms with Gasteiger partial charge in [0.05, 0.1) is 19.3 Å². The van der Waals surface area contributed by atoms with Gasteiger partial charge in [0.1, 0.15) is 0 Å². The minimum Gasteiger partial charge on any atom is -0.377 e. The van der Waals surface area contributed by atoms with Gasteiger partial charge in [-0.15, -0.1) is 0 Å². The van der Waals surface area contributed by atoms with Gasteiger partial charge in [-0.05, 0) is 12.1 Å². The van der Waals surface area contributed by atoms with Gasteiger partial charge in [-0.25, -0.2) is 4.79 Å². The first kappa shape index (κ1) is 19.6. The number of aromatic amines is 1. The molecule has 0 radical (unpaired) electrons. The zero-order chi connectivity index (χ0) is 19.9. The van der Waals surface area contributed by atoms with Crippen molar-refractivity contribution in [2.45, 2.75) is 25.4 Å². The van der Waals surface area contributed by atoms with Crippen LogP contribution in [0.4, 0.5) is 5.69 Å². The SMILES string of the molecule is O=C(CC1COCCN1C(=O)CCn1ccc(=O)[nH]c1=O)Nc1ccccc1. The van der Waals surface area contributed by atoms with E-state index in [1.807, 2.05) is 18.2 Å². The molecule has 0 saturated carbocycles. The van der Waals surface area contributed by atoms with Gasteiger partial charge in [0, 0.05) is 43.9 Å². The van der Waals surface area contributed by atoms with Crippen LogP contribution >= 0.6 is 0 Å². The number of nitrogens with one attached hydrogen (secondary N) is 2. The first-order valence-electron chi connectivity index (χ1n) is 9.05. The van der Waals surface area contributed by atoms with E-state index in [1.54, 1.807) is 17.0 Å². The molecule has 9 heteroatoms. The van der Waals surface area contributed by atoms with E-state index in [-0.39, 0.29) is 43.8 Å².